The van der Waals surface area contributed by atoms with Gasteiger partial charge in [0.05, 0.1) is 6.17 Å². The molecular formula is C11H20FN. The average Bonchev–Trinajstić information content (AvgIpc) is 2.03. The molecule has 1 unspecified atom stereocenters. The Labute approximate surface area is 80.8 Å². The third-order valence-electron chi connectivity index (χ3n) is 1.87. The lowest BCUT2D eigenvalue weighted by atomic mass is 10.1. The van der Waals surface area contributed by atoms with E-state index in [9.17, 15) is 4.39 Å². The molecule has 1 nitrogen and oxygen atoms in total. The summed E-state index contributed by atoms with van der Waals surface area (Å²) in [4.78, 5) is 4.14. The Morgan fingerprint density at radius 1 is 1.38 bits per heavy atom. The van der Waals surface area contributed by atoms with Gasteiger partial charge in [-0.1, -0.05) is 19.9 Å². The first-order chi connectivity index (χ1) is 6.07. The van der Waals surface area contributed by atoms with Gasteiger partial charge < -0.3 is 0 Å². The van der Waals surface area contributed by atoms with Gasteiger partial charge in [-0.15, -0.1) is 0 Å². The zero-order valence-corrected chi connectivity index (χ0v) is 9.05. The Bertz CT molecular complexity index is 181. The zero-order chi connectivity index (χ0) is 10.3. The van der Waals surface area contributed by atoms with Crippen LogP contribution in [0.1, 0.15) is 33.6 Å². The van der Waals surface area contributed by atoms with Crippen molar-refractivity contribution in [2.45, 2.75) is 39.8 Å². The number of nitrogens with zero attached hydrogens (tertiary/aromatic N) is 1. The Balaban J connectivity index is 3.82. The number of rotatable bonds is 5. The fourth-order valence-electron chi connectivity index (χ4n) is 1.06. The van der Waals surface area contributed by atoms with Crippen molar-refractivity contribution in [3.05, 3.63) is 12.2 Å². The fourth-order valence-corrected chi connectivity index (χ4v) is 1.06. The molecule has 0 aromatic carbocycles. The smallest absolute Gasteiger partial charge is 0.0976 e. The largest absolute Gasteiger partial charge is 0.293 e. The summed E-state index contributed by atoms with van der Waals surface area (Å²) in [5, 5.41) is 0. The second kappa shape index (κ2) is 6.81. The molecule has 0 saturated carbocycles. The maximum absolute atomic E-state index is 12.4. The van der Waals surface area contributed by atoms with Crippen LogP contribution < -0.4 is 0 Å². The summed E-state index contributed by atoms with van der Waals surface area (Å²) >= 11 is 0. The van der Waals surface area contributed by atoms with Gasteiger partial charge in [0.25, 0.3) is 0 Å². The molecule has 76 valence electrons. The molecule has 0 spiro atoms. The van der Waals surface area contributed by atoms with E-state index < -0.39 is 6.17 Å². The molecule has 2 heteroatoms. The van der Waals surface area contributed by atoms with Crippen molar-refractivity contribution in [3.63, 3.8) is 0 Å². The van der Waals surface area contributed by atoms with Gasteiger partial charge in [0.1, 0.15) is 0 Å². The van der Waals surface area contributed by atoms with Crippen LogP contribution in [0.4, 0.5) is 4.39 Å². The van der Waals surface area contributed by atoms with Crippen molar-refractivity contribution >= 4 is 5.71 Å². The summed E-state index contributed by atoms with van der Waals surface area (Å²) in [6.45, 7) is 5.79. The molecule has 0 aliphatic rings. The third-order valence-corrected chi connectivity index (χ3v) is 1.87. The maximum Gasteiger partial charge on any atom is 0.0976 e. The zero-order valence-electron chi connectivity index (χ0n) is 9.05. The van der Waals surface area contributed by atoms with Crippen LogP contribution >= 0.6 is 0 Å². The van der Waals surface area contributed by atoms with Crippen LogP contribution in [-0.4, -0.2) is 18.9 Å². The van der Waals surface area contributed by atoms with Crippen molar-refractivity contribution in [1.29, 1.82) is 0 Å². The van der Waals surface area contributed by atoms with Crippen LogP contribution in [0.15, 0.2) is 17.1 Å². The van der Waals surface area contributed by atoms with Crippen molar-refractivity contribution in [2.24, 2.45) is 10.9 Å². The molecule has 0 saturated heterocycles. The lowest BCUT2D eigenvalue weighted by Gasteiger charge is -2.03. The Hall–Kier alpha value is -0.660. The van der Waals surface area contributed by atoms with Crippen LogP contribution in [0.5, 0.6) is 0 Å². The average molecular weight is 185 g/mol. The Morgan fingerprint density at radius 3 is 2.38 bits per heavy atom. The van der Waals surface area contributed by atoms with E-state index in [0.29, 0.717) is 12.3 Å². The van der Waals surface area contributed by atoms with Crippen LogP contribution in [0.25, 0.3) is 0 Å². The Morgan fingerprint density at radius 2 is 2.00 bits per heavy atom. The molecule has 0 amide bonds. The van der Waals surface area contributed by atoms with Gasteiger partial charge in [-0.3, -0.25) is 4.99 Å². The van der Waals surface area contributed by atoms with E-state index in [1.807, 2.05) is 12.2 Å². The van der Waals surface area contributed by atoms with Crippen LogP contribution in [0.2, 0.25) is 0 Å². The third kappa shape index (κ3) is 6.50. The monoisotopic (exact) mass is 185 g/mol. The summed E-state index contributed by atoms with van der Waals surface area (Å²) in [7, 11) is 1.79. The standard InChI is InChI=1S/C11H20FN/c1-9(2)11(13-4)8-6-5-7-10(3)12/h6,8-10H,5,7H2,1-4H3/b8-6-,13-11+. The first-order valence-electron chi connectivity index (χ1n) is 4.85. The first kappa shape index (κ1) is 12.3. The highest BCUT2D eigenvalue weighted by molar-refractivity contribution is 5.96. The Kier molecular flexibility index (Phi) is 6.47. The lowest BCUT2D eigenvalue weighted by molar-refractivity contribution is 0.343. The highest BCUT2D eigenvalue weighted by atomic mass is 19.1. The van der Waals surface area contributed by atoms with Gasteiger partial charge in [-0.2, -0.15) is 0 Å². The molecule has 0 aliphatic carbocycles. The van der Waals surface area contributed by atoms with Gasteiger partial charge in [0, 0.05) is 12.8 Å². The van der Waals surface area contributed by atoms with Crippen molar-refractivity contribution in [3.8, 4) is 0 Å². The van der Waals surface area contributed by atoms with Gasteiger partial charge in [0.2, 0.25) is 0 Å². The van der Waals surface area contributed by atoms with E-state index in [-0.39, 0.29) is 0 Å². The quantitative estimate of drug-likeness (QED) is 0.582. The molecule has 0 N–H and O–H groups in total. The highest BCUT2D eigenvalue weighted by Crippen LogP contribution is 2.03. The van der Waals surface area contributed by atoms with Crippen LogP contribution in [0.3, 0.4) is 0 Å². The fraction of sp³-hybridized carbons (Fsp3) is 0.727. The summed E-state index contributed by atoms with van der Waals surface area (Å²) in [6.07, 6.45) is 4.69. The van der Waals surface area contributed by atoms with E-state index in [4.69, 9.17) is 0 Å². The molecular weight excluding hydrogens is 165 g/mol. The van der Waals surface area contributed by atoms with Gasteiger partial charge >= 0.3 is 0 Å². The minimum Gasteiger partial charge on any atom is -0.293 e. The van der Waals surface area contributed by atoms with Crippen LogP contribution in [0, 0.1) is 5.92 Å². The topological polar surface area (TPSA) is 12.4 Å². The van der Waals surface area contributed by atoms with E-state index in [1.165, 1.54) is 0 Å². The lowest BCUT2D eigenvalue weighted by Crippen LogP contribution is -2.03. The van der Waals surface area contributed by atoms with Crippen molar-refractivity contribution in [1.82, 2.24) is 0 Å². The minimum atomic E-state index is -0.703. The second-order valence-electron chi connectivity index (χ2n) is 3.56. The summed E-state index contributed by atoms with van der Waals surface area (Å²) in [6, 6.07) is 0. The maximum atomic E-state index is 12.4. The first-order valence-corrected chi connectivity index (χ1v) is 4.85. The number of halogens is 1. The molecule has 13 heavy (non-hydrogen) atoms. The molecule has 0 radical (unpaired) electrons. The van der Waals surface area contributed by atoms with E-state index in [0.717, 1.165) is 12.1 Å². The van der Waals surface area contributed by atoms with Crippen LogP contribution in [-0.2, 0) is 0 Å². The molecule has 1 atom stereocenters. The molecule has 0 aromatic heterocycles. The van der Waals surface area contributed by atoms with Crippen molar-refractivity contribution < 1.29 is 4.39 Å². The molecule has 0 aromatic rings. The van der Waals surface area contributed by atoms with Crippen molar-refractivity contribution in [2.75, 3.05) is 7.05 Å². The SMILES string of the molecule is C/N=C(\C=C/CCC(C)F)C(C)C. The van der Waals surface area contributed by atoms with Gasteiger partial charge in [-0.25, -0.2) is 4.39 Å². The molecule has 0 aliphatic heterocycles. The molecule has 0 rings (SSSR count). The predicted octanol–water partition coefficient (Wildman–Crippen LogP) is 3.41. The number of hydrogen-bond acceptors (Lipinski definition) is 1. The van der Waals surface area contributed by atoms with Gasteiger partial charge in [-0.05, 0) is 31.8 Å². The number of allylic oxidation sites excluding steroid dienone is 2. The van der Waals surface area contributed by atoms with E-state index in [1.54, 1.807) is 14.0 Å². The predicted molar refractivity (Wildman–Crippen MR) is 57.1 cm³/mol. The highest BCUT2D eigenvalue weighted by Gasteiger charge is 1.99. The molecule has 0 fully saturated rings. The number of hydrogen-bond donors (Lipinski definition) is 0. The number of aliphatic imine (C=N–C) groups is 1. The van der Waals surface area contributed by atoms with Gasteiger partial charge in [0.15, 0.2) is 0 Å². The summed E-state index contributed by atoms with van der Waals surface area (Å²) < 4.78 is 12.4. The molecule has 0 heterocycles. The van der Waals surface area contributed by atoms with E-state index >= 15 is 0 Å². The number of alkyl halides is 1. The normalized spacial score (nSPS) is 15.7. The molecule has 0 bridgehead atoms. The summed E-state index contributed by atoms with van der Waals surface area (Å²) in [5.41, 5.74) is 1.08. The van der Waals surface area contributed by atoms with E-state index in [2.05, 4.69) is 18.8 Å². The minimum absolute atomic E-state index is 0.448. The summed E-state index contributed by atoms with van der Waals surface area (Å²) in [5.74, 6) is 0.448. The second-order valence-corrected chi connectivity index (χ2v) is 3.56.